The van der Waals surface area contributed by atoms with Crippen molar-refractivity contribution >= 4 is 18.4 Å². The average molecular weight is 309 g/mol. The Labute approximate surface area is 135 Å². The maximum Gasteiger partial charge on any atom is 0.262 e. The third-order valence-electron chi connectivity index (χ3n) is 3.46. The van der Waals surface area contributed by atoms with Gasteiger partial charge in [-0.25, -0.2) is 0 Å². The quantitative estimate of drug-likeness (QED) is 0.791. The van der Waals surface area contributed by atoms with Crippen molar-refractivity contribution in [1.82, 2.24) is 4.57 Å². The molecule has 2 rings (SSSR count). The van der Waals surface area contributed by atoms with E-state index in [2.05, 4.69) is 0 Å². The summed E-state index contributed by atoms with van der Waals surface area (Å²) in [5.41, 5.74) is 2.35. The van der Waals surface area contributed by atoms with Crippen molar-refractivity contribution in [1.29, 1.82) is 0 Å². The second kappa shape index (κ2) is 7.40. The van der Waals surface area contributed by atoms with E-state index in [9.17, 15) is 9.59 Å². The molecule has 0 amide bonds. The summed E-state index contributed by atoms with van der Waals surface area (Å²) in [7, 11) is 1.50. The van der Waals surface area contributed by atoms with Crippen LogP contribution in [0, 0.1) is 0 Å². The second-order valence-electron chi connectivity index (χ2n) is 4.90. The fraction of sp³-hybridized carbons (Fsp3) is 0.158. The van der Waals surface area contributed by atoms with Gasteiger partial charge in [0.2, 0.25) is 0 Å². The lowest BCUT2D eigenvalue weighted by atomic mass is 10.1. The number of carbonyl (C=O) groups excluding carboxylic acids is 1. The zero-order valence-electron chi connectivity index (χ0n) is 13.4. The first-order chi connectivity index (χ1) is 11.2. The molecule has 0 spiro atoms. The molecule has 1 aromatic heterocycles. The first kappa shape index (κ1) is 16.5. The highest BCUT2D eigenvalue weighted by atomic mass is 16.5. The second-order valence-corrected chi connectivity index (χ2v) is 4.90. The summed E-state index contributed by atoms with van der Waals surface area (Å²) in [6.45, 7) is 3.78. The standard InChI is InChI=1S/C19H19NO3/c1-4-6-14-10-11-20(19(22)17(14)7-5-2)16-8-9-18(23-3)15(12-16)13-21/h4-13H,1-3H3/b6-4-,7-5-. The van der Waals surface area contributed by atoms with Crippen molar-refractivity contribution in [3.8, 4) is 11.4 Å². The Morgan fingerprint density at radius 1 is 1.04 bits per heavy atom. The predicted octanol–water partition coefficient (Wildman–Crippen LogP) is 3.72. The number of ether oxygens (including phenoxy) is 1. The van der Waals surface area contributed by atoms with Crippen LogP contribution in [0.3, 0.4) is 0 Å². The van der Waals surface area contributed by atoms with Crippen molar-refractivity contribution in [3.63, 3.8) is 0 Å². The topological polar surface area (TPSA) is 48.3 Å². The number of pyridine rings is 1. The van der Waals surface area contributed by atoms with Crippen LogP contribution in [0.15, 0.2) is 47.4 Å². The largest absolute Gasteiger partial charge is 0.496 e. The number of methoxy groups -OCH3 is 1. The van der Waals surface area contributed by atoms with Gasteiger partial charge in [-0.05, 0) is 43.7 Å². The van der Waals surface area contributed by atoms with Crippen LogP contribution in [0.1, 0.15) is 35.3 Å². The Morgan fingerprint density at radius 2 is 1.78 bits per heavy atom. The molecule has 0 saturated heterocycles. The molecular formula is C19H19NO3. The first-order valence-electron chi connectivity index (χ1n) is 7.31. The molecule has 2 aromatic rings. The minimum atomic E-state index is -0.138. The summed E-state index contributed by atoms with van der Waals surface area (Å²) in [6.07, 6.45) is 9.84. The van der Waals surface area contributed by atoms with Crippen molar-refractivity contribution in [2.24, 2.45) is 0 Å². The third kappa shape index (κ3) is 3.31. The minimum absolute atomic E-state index is 0.138. The van der Waals surface area contributed by atoms with Crippen LogP contribution in [-0.2, 0) is 0 Å². The Morgan fingerprint density at radius 3 is 2.39 bits per heavy atom. The molecule has 0 atom stereocenters. The van der Waals surface area contributed by atoms with Crippen molar-refractivity contribution < 1.29 is 9.53 Å². The third-order valence-corrected chi connectivity index (χ3v) is 3.46. The molecule has 4 heteroatoms. The Kier molecular flexibility index (Phi) is 5.31. The van der Waals surface area contributed by atoms with Gasteiger partial charge in [-0.3, -0.25) is 14.2 Å². The number of aldehydes is 1. The normalized spacial score (nSPS) is 11.3. The zero-order chi connectivity index (χ0) is 16.8. The van der Waals surface area contributed by atoms with Gasteiger partial charge in [-0.15, -0.1) is 0 Å². The molecule has 4 nitrogen and oxygen atoms in total. The van der Waals surface area contributed by atoms with E-state index < -0.39 is 0 Å². The molecule has 23 heavy (non-hydrogen) atoms. The number of benzene rings is 1. The van der Waals surface area contributed by atoms with E-state index in [1.165, 1.54) is 11.7 Å². The van der Waals surface area contributed by atoms with E-state index in [1.807, 2.05) is 38.1 Å². The lowest BCUT2D eigenvalue weighted by molar-refractivity contribution is 0.112. The molecule has 0 aliphatic carbocycles. The van der Waals surface area contributed by atoms with Crippen molar-refractivity contribution in [3.05, 3.63) is 69.7 Å². The Balaban J connectivity index is 2.67. The van der Waals surface area contributed by atoms with E-state index >= 15 is 0 Å². The fourth-order valence-electron chi connectivity index (χ4n) is 2.39. The van der Waals surface area contributed by atoms with Gasteiger partial charge in [0.25, 0.3) is 5.56 Å². The van der Waals surface area contributed by atoms with Crippen molar-refractivity contribution in [2.45, 2.75) is 13.8 Å². The number of rotatable bonds is 5. The lowest BCUT2D eigenvalue weighted by Crippen LogP contribution is -2.21. The maximum atomic E-state index is 12.8. The van der Waals surface area contributed by atoms with E-state index in [-0.39, 0.29) is 5.56 Å². The molecular weight excluding hydrogens is 290 g/mol. The molecule has 0 bridgehead atoms. The minimum Gasteiger partial charge on any atom is -0.496 e. The highest BCUT2D eigenvalue weighted by molar-refractivity contribution is 5.80. The number of hydrogen-bond acceptors (Lipinski definition) is 3. The van der Waals surface area contributed by atoms with E-state index in [1.54, 1.807) is 30.5 Å². The highest BCUT2D eigenvalue weighted by Crippen LogP contribution is 2.20. The Hall–Kier alpha value is -2.88. The van der Waals surface area contributed by atoms with Gasteiger partial charge in [-0.2, -0.15) is 0 Å². The molecule has 0 saturated carbocycles. The van der Waals surface area contributed by atoms with Crippen LogP contribution in [0.4, 0.5) is 0 Å². The summed E-state index contributed by atoms with van der Waals surface area (Å²) in [6, 6.07) is 6.95. The van der Waals surface area contributed by atoms with Crippen LogP contribution in [-0.4, -0.2) is 18.0 Å². The molecule has 0 fully saturated rings. The van der Waals surface area contributed by atoms with Crippen LogP contribution < -0.4 is 10.3 Å². The van der Waals surface area contributed by atoms with Gasteiger partial charge >= 0.3 is 0 Å². The SMILES string of the molecule is C/C=C\c1ccn(-c2ccc(OC)c(C=O)c2)c(=O)c1/C=C\C. The number of nitrogens with zero attached hydrogens (tertiary/aromatic N) is 1. The van der Waals surface area contributed by atoms with E-state index in [0.29, 0.717) is 28.8 Å². The molecule has 0 aliphatic rings. The molecule has 1 heterocycles. The van der Waals surface area contributed by atoms with E-state index in [0.717, 1.165) is 5.56 Å². The van der Waals surface area contributed by atoms with Gasteiger partial charge in [0.1, 0.15) is 5.75 Å². The molecule has 1 aromatic carbocycles. The smallest absolute Gasteiger partial charge is 0.262 e. The number of carbonyl (C=O) groups is 1. The number of allylic oxidation sites excluding steroid dienone is 2. The van der Waals surface area contributed by atoms with Gasteiger partial charge in [0.15, 0.2) is 6.29 Å². The first-order valence-corrected chi connectivity index (χ1v) is 7.31. The molecule has 0 N–H and O–H groups in total. The van der Waals surface area contributed by atoms with Gasteiger partial charge < -0.3 is 4.74 Å². The molecule has 118 valence electrons. The predicted molar refractivity (Wildman–Crippen MR) is 93.4 cm³/mol. The summed E-state index contributed by atoms with van der Waals surface area (Å²) in [5.74, 6) is 0.482. The summed E-state index contributed by atoms with van der Waals surface area (Å²) < 4.78 is 6.65. The van der Waals surface area contributed by atoms with Gasteiger partial charge in [0.05, 0.1) is 12.7 Å². The van der Waals surface area contributed by atoms with E-state index in [4.69, 9.17) is 4.74 Å². The summed E-state index contributed by atoms with van der Waals surface area (Å²) in [5, 5.41) is 0. The number of aromatic nitrogens is 1. The summed E-state index contributed by atoms with van der Waals surface area (Å²) in [4.78, 5) is 23.9. The maximum absolute atomic E-state index is 12.8. The zero-order valence-corrected chi connectivity index (χ0v) is 13.4. The van der Waals surface area contributed by atoms with Crippen LogP contribution in [0.25, 0.3) is 17.8 Å². The summed E-state index contributed by atoms with van der Waals surface area (Å²) >= 11 is 0. The highest BCUT2D eigenvalue weighted by Gasteiger charge is 2.09. The van der Waals surface area contributed by atoms with Crippen LogP contribution in [0.2, 0.25) is 0 Å². The monoisotopic (exact) mass is 309 g/mol. The fourth-order valence-corrected chi connectivity index (χ4v) is 2.39. The molecule has 0 unspecified atom stereocenters. The molecule has 0 radical (unpaired) electrons. The van der Waals surface area contributed by atoms with Gasteiger partial charge in [-0.1, -0.05) is 24.3 Å². The molecule has 0 aliphatic heterocycles. The lowest BCUT2D eigenvalue weighted by Gasteiger charge is -2.11. The van der Waals surface area contributed by atoms with Gasteiger partial charge in [0, 0.05) is 17.4 Å². The average Bonchev–Trinajstić information content (AvgIpc) is 2.58. The van der Waals surface area contributed by atoms with Crippen LogP contribution in [0.5, 0.6) is 5.75 Å². The number of hydrogen-bond donors (Lipinski definition) is 0. The Bertz CT molecular complexity index is 829. The van der Waals surface area contributed by atoms with Crippen LogP contribution >= 0.6 is 0 Å². The van der Waals surface area contributed by atoms with Crippen molar-refractivity contribution in [2.75, 3.05) is 7.11 Å².